The normalized spacial score (nSPS) is 23.2. The number of para-hydroxylation sites is 2. The molecule has 1 N–H and O–H groups in total. The standard InChI is InChI=1S/C19H24N4O2/c1-14-6-10-23(21-14)18-5-3-2-4-17(18)20-19(24)22-9-7-15(12-22)16-8-11-25-13-16/h2-6,10,15-16H,7-9,11-13H2,1H3,(H,20,24)/t15-,16-/m0/s1. The van der Waals surface area contributed by atoms with Gasteiger partial charge in [-0.25, -0.2) is 9.48 Å². The first-order valence-electron chi connectivity index (χ1n) is 8.96. The highest BCUT2D eigenvalue weighted by Gasteiger charge is 2.33. The number of urea groups is 1. The number of anilines is 1. The summed E-state index contributed by atoms with van der Waals surface area (Å²) in [4.78, 5) is 14.6. The Hall–Kier alpha value is -2.34. The van der Waals surface area contributed by atoms with Gasteiger partial charge < -0.3 is 15.0 Å². The van der Waals surface area contributed by atoms with Crippen LogP contribution >= 0.6 is 0 Å². The fourth-order valence-corrected chi connectivity index (χ4v) is 3.80. The van der Waals surface area contributed by atoms with E-state index in [0.717, 1.165) is 56.2 Å². The van der Waals surface area contributed by atoms with Gasteiger partial charge in [0, 0.05) is 32.5 Å². The van der Waals surface area contributed by atoms with E-state index >= 15 is 0 Å². The number of aryl methyl sites for hydroxylation is 1. The van der Waals surface area contributed by atoms with E-state index in [2.05, 4.69) is 10.4 Å². The number of carbonyl (C=O) groups excluding carboxylic acids is 1. The summed E-state index contributed by atoms with van der Waals surface area (Å²) >= 11 is 0. The number of aromatic nitrogens is 2. The zero-order valence-electron chi connectivity index (χ0n) is 14.5. The summed E-state index contributed by atoms with van der Waals surface area (Å²) in [5, 5.41) is 7.51. The largest absolute Gasteiger partial charge is 0.381 e. The Kier molecular flexibility index (Phi) is 4.44. The molecule has 2 aliphatic heterocycles. The van der Waals surface area contributed by atoms with Gasteiger partial charge in [-0.15, -0.1) is 0 Å². The van der Waals surface area contributed by atoms with Crippen LogP contribution < -0.4 is 5.32 Å². The molecular weight excluding hydrogens is 316 g/mol. The van der Waals surface area contributed by atoms with Gasteiger partial charge in [0.05, 0.1) is 17.1 Å². The molecule has 1 aromatic carbocycles. The summed E-state index contributed by atoms with van der Waals surface area (Å²) in [7, 11) is 0. The maximum atomic E-state index is 12.7. The molecule has 0 saturated carbocycles. The van der Waals surface area contributed by atoms with E-state index < -0.39 is 0 Å². The predicted molar refractivity (Wildman–Crippen MR) is 95.9 cm³/mol. The second-order valence-corrected chi connectivity index (χ2v) is 6.97. The summed E-state index contributed by atoms with van der Waals surface area (Å²) in [5.74, 6) is 1.18. The smallest absolute Gasteiger partial charge is 0.321 e. The van der Waals surface area contributed by atoms with E-state index in [1.165, 1.54) is 0 Å². The summed E-state index contributed by atoms with van der Waals surface area (Å²) < 4.78 is 7.30. The lowest BCUT2D eigenvalue weighted by atomic mass is 9.91. The lowest BCUT2D eigenvalue weighted by Crippen LogP contribution is -2.34. The molecule has 2 atom stereocenters. The number of rotatable bonds is 3. The second kappa shape index (κ2) is 6.88. The summed E-state index contributed by atoms with van der Waals surface area (Å²) in [6, 6.07) is 9.69. The highest BCUT2D eigenvalue weighted by molar-refractivity contribution is 5.91. The molecule has 2 amide bonds. The molecule has 1 aromatic heterocycles. The van der Waals surface area contributed by atoms with E-state index in [-0.39, 0.29) is 6.03 Å². The number of likely N-dealkylation sites (tertiary alicyclic amines) is 1. The molecule has 0 radical (unpaired) electrons. The molecule has 2 aromatic rings. The SMILES string of the molecule is Cc1ccn(-c2ccccc2NC(=O)N2CC[C@H]([C@H]3CCOC3)C2)n1. The predicted octanol–water partition coefficient (Wildman–Crippen LogP) is 3.07. The van der Waals surface area contributed by atoms with Crippen LogP contribution in [-0.2, 0) is 4.74 Å². The third-order valence-electron chi connectivity index (χ3n) is 5.26. The number of hydrogen-bond donors (Lipinski definition) is 1. The topological polar surface area (TPSA) is 59.4 Å². The minimum absolute atomic E-state index is 0.0299. The van der Waals surface area contributed by atoms with Crippen molar-refractivity contribution < 1.29 is 9.53 Å². The maximum Gasteiger partial charge on any atom is 0.321 e. The number of carbonyl (C=O) groups is 1. The van der Waals surface area contributed by atoms with Crippen LogP contribution in [0.1, 0.15) is 18.5 Å². The van der Waals surface area contributed by atoms with Gasteiger partial charge >= 0.3 is 6.03 Å². The average molecular weight is 340 g/mol. The number of hydrogen-bond acceptors (Lipinski definition) is 3. The van der Waals surface area contributed by atoms with Gasteiger partial charge in [-0.1, -0.05) is 12.1 Å². The molecule has 0 bridgehead atoms. The Labute approximate surface area is 147 Å². The lowest BCUT2D eigenvalue weighted by molar-refractivity contribution is 0.171. The van der Waals surface area contributed by atoms with Crippen molar-refractivity contribution in [2.24, 2.45) is 11.8 Å². The van der Waals surface area contributed by atoms with Crippen molar-refractivity contribution in [1.29, 1.82) is 0 Å². The van der Waals surface area contributed by atoms with Gasteiger partial charge in [0.15, 0.2) is 0 Å². The first kappa shape index (κ1) is 16.1. The van der Waals surface area contributed by atoms with Crippen LogP contribution in [0.5, 0.6) is 0 Å². The Bertz CT molecular complexity index is 751. The first-order valence-corrected chi connectivity index (χ1v) is 8.96. The molecule has 0 spiro atoms. The Morgan fingerprint density at radius 3 is 2.88 bits per heavy atom. The van der Waals surface area contributed by atoms with Crippen LogP contribution in [0.3, 0.4) is 0 Å². The number of nitrogens with zero attached hydrogens (tertiary/aromatic N) is 3. The molecule has 2 aliphatic rings. The van der Waals surface area contributed by atoms with Crippen molar-refractivity contribution in [2.75, 3.05) is 31.6 Å². The first-order chi connectivity index (χ1) is 12.2. The Morgan fingerprint density at radius 1 is 1.24 bits per heavy atom. The van der Waals surface area contributed by atoms with Gasteiger partial charge in [-0.2, -0.15) is 5.10 Å². The third kappa shape index (κ3) is 3.39. The van der Waals surface area contributed by atoms with Crippen molar-refractivity contribution in [1.82, 2.24) is 14.7 Å². The minimum Gasteiger partial charge on any atom is -0.381 e. The molecule has 2 saturated heterocycles. The van der Waals surface area contributed by atoms with Crippen molar-refractivity contribution >= 4 is 11.7 Å². The Balaban J connectivity index is 1.45. The molecule has 6 nitrogen and oxygen atoms in total. The van der Waals surface area contributed by atoms with Gasteiger partial charge in [0.25, 0.3) is 0 Å². The number of benzene rings is 1. The minimum atomic E-state index is -0.0299. The van der Waals surface area contributed by atoms with Crippen LogP contribution in [0.15, 0.2) is 36.5 Å². The van der Waals surface area contributed by atoms with Crippen LogP contribution in [0.2, 0.25) is 0 Å². The lowest BCUT2D eigenvalue weighted by Gasteiger charge is -2.20. The van der Waals surface area contributed by atoms with E-state index in [1.807, 2.05) is 48.4 Å². The molecule has 3 heterocycles. The Morgan fingerprint density at radius 2 is 2.12 bits per heavy atom. The number of amides is 2. The van der Waals surface area contributed by atoms with Crippen molar-refractivity contribution in [3.05, 3.63) is 42.2 Å². The monoisotopic (exact) mass is 340 g/mol. The van der Waals surface area contributed by atoms with E-state index in [1.54, 1.807) is 4.68 Å². The van der Waals surface area contributed by atoms with Crippen molar-refractivity contribution in [2.45, 2.75) is 19.8 Å². The van der Waals surface area contributed by atoms with Crippen molar-refractivity contribution in [3.8, 4) is 5.69 Å². The van der Waals surface area contributed by atoms with Crippen LogP contribution in [0, 0.1) is 18.8 Å². The molecule has 25 heavy (non-hydrogen) atoms. The quantitative estimate of drug-likeness (QED) is 0.934. The van der Waals surface area contributed by atoms with E-state index in [9.17, 15) is 4.79 Å². The third-order valence-corrected chi connectivity index (χ3v) is 5.26. The molecule has 0 unspecified atom stereocenters. The molecule has 132 valence electrons. The zero-order chi connectivity index (χ0) is 17.2. The van der Waals surface area contributed by atoms with Gasteiger partial charge in [0.2, 0.25) is 0 Å². The van der Waals surface area contributed by atoms with Gasteiger partial charge in [0.1, 0.15) is 0 Å². The molecule has 2 fully saturated rings. The van der Waals surface area contributed by atoms with E-state index in [0.29, 0.717) is 11.8 Å². The average Bonchev–Trinajstić information content (AvgIpc) is 3.36. The van der Waals surface area contributed by atoms with Crippen LogP contribution in [0.4, 0.5) is 10.5 Å². The maximum absolute atomic E-state index is 12.7. The number of nitrogens with one attached hydrogen (secondary N) is 1. The number of ether oxygens (including phenoxy) is 1. The zero-order valence-corrected chi connectivity index (χ0v) is 14.5. The van der Waals surface area contributed by atoms with Gasteiger partial charge in [-0.3, -0.25) is 0 Å². The fraction of sp³-hybridized carbons (Fsp3) is 0.474. The second-order valence-electron chi connectivity index (χ2n) is 6.97. The van der Waals surface area contributed by atoms with E-state index in [4.69, 9.17) is 4.74 Å². The molecule has 6 heteroatoms. The molecule has 4 rings (SSSR count). The highest BCUT2D eigenvalue weighted by Crippen LogP contribution is 2.30. The highest BCUT2D eigenvalue weighted by atomic mass is 16.5. The van der Waals surface area contributed by atoms with Gasteiger partial charge in [-0.05, 0) is 49.8 Å². The summed E-state index contributed by atoms with van der Waals surface area (Å²) in [6.45, 7) is 5.30. The molecular formula is C19H24N4O2. The fourth-order valence-electron chi connectivity index (χ4n) is 3.80. The molecule has 0 aliphatic carbocycles. The van der Waals surface area contributed by atoms with Crippen LogP contribution in [0.25, 0.3) is 5.69 Å². The summed E-state index contributed by atoms with van der Waals surface area (Å²) in [5.41, 5.74) is 2.61. The summed E-state index contributed by atoms with van der Waals surface area (Å²) in [6.07, 6.45) is 4.11. The van der Waals surface area contributed by atoms with Crippen LogP contribution in [-0.4, -0.2) is 47.0 Å². The van der Waals surface area contributed by atoms with Crippen molar-refractivity contribution in [3.63, 3.8) is 0 Å².